The van der Waals surface area contributed by atoms with Gasteiger partial charge < -0.3 is 10.1 Å². The predicted molar refractivity (Wildman–Crippen MR) is 119 cm³/mol. The molecule has 0 unspecified atom stereocenters. The summed E-state index contributed by atoms with van der Waals surface area (Å²) in [6.07, 6.45) is 6.16. The van der Waals surface area contributed by atoms with Crippen LogP contribution in [0.4, 0.5) is 5.69 Å². The van der Waals surface area contributed by atoms with Crippen molar-refractivity contribution < 1.29 is 4.74 Å². The molecule has 0 saturated heterocycles. The Morgan fingerprint density at radius 2 is 2.07 bits per heavy atom. The maximum absolute atomic E-state index is 6.24. The van der Waals surface area contributed by atoms with Gasteiger partial charge in [0.2, 0.25) is 17.3 Å². The van der Waals surface area contributed by atoms with E-state index in [1.807, 2.05) is 36.4 Å². The summed E-state index contributed by atoms with van der Waals surface area (Å²) in [7, 11) is 0. The van der Waals surface area contributed by atoms with Gasteiger partial charge >= 0.3 is 0 Å². The summed E-state index contributed by atoms with van der Waals surface area (Å²) in [5.74, 6) is 1.45. The molecule has 1 atom stereocenters. The Bertz CT molecular complexity index is 973. The van der Waals surface area contributed by atoms with Crippen LogP contribution in [0.3, 0.4) is 0 Å². The fraction of sp³-hybridized carbons (Fsp3) is 0.333. The summed E-state index contributed by atoms with van der Waals surface area (Å²) < 4.78 is 7.19. The number of anilines is 1. The number of hydrogen-bond donors (Lipinski definition) is 1. The molecule has 3 aromatic rings. The van der Waals surface area contributed by atoms with Crippen molar-refractivity contribution in [3.8, 4) is 17.1 Å². The molecule has 1 aliphatic heterocycles. The maximum atomic E-state index is 6.24. The molecule has 1 N–H and O–H groups in total. The normalized spacial score (nSPS) is 14.9. The number of rotatable bonds is 7. The number of thioether (sulfide) groups is 1. The third-order valence-electron chi connectivity index (χ3n) is 4.57. The Morgan fingerprint density at radius 3 is 2.90 bits per heavy atom. The number of nitrogens with one attached hydrogen (secondary N) is 1. The predicted octanol–water partition coefficient (Wildman–Crippen LogP) is 5.87. The van der Waals surface area contributed by atoms with E-state index >= 15 is 0 Å². The lowest BCUT2D eigenvalue weighted by molar-refractivity contribution is 0.220. The minimum Gasteiger partial charge on any atom is -0.446 e. The van der Waals surface area contributed by atoms with E-state index < -0.39 is 6.23 Å². The molecule has 150 valence electrons. The number of fused-ring (bicyclic) bond motifs is 3. The summed E-state index contributed by atoms with van der Waals surface area (Å²) >= 11 is 5.17. The number of pyridine rings is 1. The van der Waals surface area contributed by atoms with E-state index in [1.165, 1.54) is 19.3 Å². The first-order valence-corrected chi connectivity index (χ1v) is 11.5. The van der Waals surface area contributed by atoms with Crippen molar-refractivity contribution in [3.05, 3.63) is 52.8 Å². The van der Waals surface area contributed by atoms with E-state index in [1.54, 1.807) is 18.0 Å². The first-order chi connectivity index (χ1) is 14.2. The van der Waals surface area contributed by atoms with Gasteiger partial charge in [-0.2, -0.15) is 4.98 Å². The molecule has 1 aromatic carbocycles. The molecular formula is C21H22BrN5OS. The molecule has 4 rings (SSSR count). The van der Waals surface area contributed by atoms with Gasteiger partial charge in [0.05, 0.1) is 0 Å². The van der Waals surface area contributed by atoms with Crippen molar-refractivity contribution in [2.24, 2.45) is 0 Å². The van der Waals surface area contributed by atoms with Crippen LogP contribution in [0.5, 0.6) is 5.88 Å². The number of halogens is 1. The second-order valence-corrected chi connectivity index (χ2v) is 8.72. The van der Waals surface area contributed by atoms with Crippen LogP contribution in [0.15, 0.2) is 52.2 Å². The molecular weight excluding hydrogens is 450 g/mol. The summed E-state index contributed by atoms with van der Waals surface area (Å²) in [5, 5.41) is 12.9. The highest BCUT2D eigenvalue weighted by atomic mass is 79.9. The van der Waals surface area contributed by atoms with E-state index in [-0.39, 0.29) is 0 Å². The van der Waals surface area contributed by atoms with Crippen LogP contribution in [0.25, 0.3) is 11.3 Å². The molecule has 8 heteroatoms. The maximum Gasteiger partial charge on any atom is 0.247 e. The molecule has 1 aliphatic rings. The van der Waals surface area contributed by atoms with Crippen molar-refractivity contribution in [2.75, 3.05) is 11.1 Å². The molecule has 0 bridgehead atoms. The van der Waals surface area contributed by atoms with Crippen molar-refractivity contribution >= 4 is 33.4 Å². The highest BCUT2D eigenvalue weighted by Gasteiger charge is 2.27. The smallest absolute Gasteiger partial charge is 0.247 e. The first-order valence-electron chi connectivity index (χ1n) is 9.76. The number of aromatic nitrogens is 4. The Balaban J connectivity index is 1.65. The minimum atomic E-state index is -0.462. The molecule has 0 spiro atoms. The van der Waals surface area contributed by atoms with E-state index in [0.717, 1.165) is 33.6 Å². The molecule has 0 fully saturated rings. The monoisotopic (exact) mass is 471 g/mol. The SMILES string of the molecule is CCCCCCSc1nnc2c(n1)O[C@@H](c1ccccn1)Nc1ccc(Br)cc1-2. The van der Waals surface area contributed by atoms with Crippen LogP contribution in [0, 0.1) is 0 Å². The molecule has 0 saturated carbocycles. The fourth-order valence-electron chi connectivity index (χ4n) is 3.09. The molecule has 29 heavy (non-hydrogen) atoms. The Morgan fingerprint density at radius 1 is 1.14 bits per heavy atom. The highest BCUT2D eigenvalue weighted by molar-refractivity contribution is 9.10. The second kappa shape index (κ2) is 9.54. The number of nitrogens with zero attached hydrogens (tertiary/aromatic N) is 4. The number of benzene rings is 1. The first kappa shape index (κ1) is 20.1. The van der Waals surface area contributed by atoms with Crippen molar-refractivity contribution in [1.29, 1.82) is 0 Å². The van der Waals surface area contributed by atoms with Gasteiger partial charge in [0, 0.05) is 27.7 Å². The molecule has 0 aliphatic carbocycles. The average Bonchev–Trinajstić information content (AvgIpc) is 2.90. The van der Waals surface area contributed by atoms with E-state index in [9.17, 15) is 0 Å². The van der Waals surface area contributed by atoms with Crippen LogP contribution in [0.1, 0.15) is 44.5 Å². The Labute approximate surface area is 183 Å². The van der Waals surface area contributed by atoms with Crippen LogP contribution in [-0.2, 0) is 0 Å². The van der Waals surface area contributed by atoms with E-state index in [4.69, 9.17) is 4.74 Å². The minimum absolute atomic E-state index is 0.462. The van der Waals surface area contributed by atoms with Gasteiger partial charge in [-0.3, -0.25) is 4.98 Å². The Hall–Kier alpha value is -2.19. The zero-order chi connectivity index (χ0) is 20.1. The molecule has 3 heterocycles. The fourth-order valence-corrected chi connectivity index (χ4v) is 4.23. The van der Waals surface area contributed by atoms with Crippen molar-refractivity contribution in [3.63, 3.8) is 0 Å². The molecule has 2 aromatic heterocycles. The van der Waals surface area contributed by atoms with Gasteiger partial charge in [0.1, 0.15) is 5.69 Å². The van der Waals surface area contributed by atoms with Gasteiger partial charge in [-0.15, -0.1) is 10.2 Å². The third kappa shape index (κ3) is 4.87. The molecule has 6 nitrogen and oxygen atoms in total. The van der Waals surface area contributed by atoms with Crippen LogP contribution < -0.4 is 10.1 Å². The van der Waals surface area contributed by atoms with Gasteiger partial charge in [-0.05, 0) is 36.8 Å². The summed E-state index contributed by atoms with van der Waals surface area (Å²) in [6.45, 7) is 2.21. The molecule has 0 radical (unpaired) electrons. The Kier molecular flexibility index (Phi) is 6.61. The van der Waals surface area contributed by atoms with Crippen LogP contribution in [-0.4, -0.2) is 25.9 Å². The summed E-state index contributed by atoms with van der Waals surface area (Å²) in [4.78, 5) is 9.12. The number of hydrogen-bond acceptors (Lipinski definition) is 7. The van der Waals surface area contributed by atoms with Gasteiger partial charge in [-0.25, -0.2) is 0 Å². The quantitative estimate of drug-likeness (QED) is 0.341. The van der Waals surface area contributed by atoms with Gasteiger partial charge in [0.15, 0.2) is 5.69 Å². The van der Waals surface area contributed by atoms with Crippen LogP contribution >= 0.6 is 27.7 Å². The highest BCUT2D eigenvalue weighted by Crippen LogP contribution is 2.40. The second-order valence-electron chi connectivity index (χ2n) is 6.74. The van der Waals surface area contributed by atoms with E-state index in [2.05, 4.69) is 48.3 Å². The average molecular weight is 472 g/mol. The molecule has 0 amide bonds. The van der Waals surface area contributed by atoms with Crippen molar-refractivity contribution in [1.82, 2.24) is 20.2 Å². The standard InChI is InChI=1S/C21H22BrN5OS/c1-2-3-4-7-12-29-21-25-20-18(26-27-21)15-13-14(22)9-10-16(15)24-19(28-20)17-8-5-6-11-23-17/h5-6,8-11,13,19,24H,2-4,7,12H2,1H3/t19-/m0/s1. The zero-order valence-corrected chi connectivity index (χ0v) is 18.5. The number of unbranched alkanes of at least 4 members (excludes halogenated alkanes) is 3. The third-order valence-corrected chi connectivity index (χ3v) is 5.99. The lowest BCUT2D eigenvalue weighted by atomic mass is 10.1. The van der Waals surface area contributed by atoms with E-state index in [0.29, 0.717) is 16.7 Å². The summed E-state index contributed by atoms with van der Waals surface area (Å²) in [6, 6.07) is 11.7. The van der Waals surface area contributed by atoms with Gasteiger partial charge in [0.25, 0.3) is 0 Å². The number of ether oxygens (including phenoxy) is 1. The lowest BCUT2D eigenvalue weighted by Crippen LogP contribution is -2.18. The zero-order valence-electron chi connectivity index (χ0n) is 16.1. The van der Waals surface area contributed by atoms with Crippen LogP contribution in [0.2, 0.25) is 0 Å². The van der Waals surface area contributed by atoms with Crippen molar-refractivity contribution in [2.45, 2.75) is 44.0 Å². The largest absolute Gasteiger partial charge is 0.446 e. The topological polar surface area (TPSA) is 72.8 Å². The summed E-state index contributed by atoms with van der Waals surface area (Å²) in [5.41, 5.74) is 3.20. The van der Waals surface area contributed by atoms with Gasteiger partial charge in [-0.1, -0.05) is 59.9 Å². The lowest BCUT2D eigenvalue weighted by Gasteiger charge is -2.18.